The molecular weight excluding hydrogens is 302 g/mol. The highest BCUT2D eigenvalue weighted by Crippen LogP contribution is 2.20. The highest BCUT2D eigenvalue weighted by molar-refractivity contribution is 9.10. The van der Waals surface area contributed by atoms with E-state index in [-0.39, 0.29) is 5.91 Å². The Hall–Kier alpha value is -2.05. The predicted molar refractivity (Wildman–Crippen MR) is 81.2 cm³/mol. The van der Waals surface area contributed by atoms with Crippen LogP contribution < -0.4 is 5.32 Å². The lowest BCUT2D eigenvalue weighted by Gasteiger charge is -2.08. The maximum atomic E-state index is 12.2. The zero-order valence-electron chi connectivity index (χ0n) is 10.4. The van der Waals surface area contributed by atoms with Crippen molar-refractivity contribution in [3.8, 4) is 12.3 Å². The first-order valence-electron chi connectivity index (χ1n) is 5.74. The molecule has 0 aromatic heterocycles. The van der Waals surface area contributed by atoms with Gasteiger partial charge < -0.3 is 5.32 Å². The van der Waals surface area contributed by atoms with Crippen molar-refractivity contribution in [1.82, 2.24) is 0 Å². The quantitative estimate of drug-likeness (QED) is 0.834. The second-order valence-electron chi connectivity index (χ2n) is 4.16. The van der Waals surface area contributed by atoms with E-state index in [9.17, 15) is 4.79 Å². The Balaban J connectivity index is 2.23. The number of amides is 1. The summed E-state index contributed by atoms with van der Waals surface area (Å²) in [6.07, 6.45) is 5.33. The van der Waals surface area contributed by atoms with E-state index < -0.39 is 0 Å². The van der Waals surface area contributed by atoms with Crippen molar-refractivity contribution >= 4 is 27.5 Å². The Labute approximate surface area is 121 Å². The summed E-state index contributed by atoms with van der Waals surface area (Å²) in [5.41, 5.74) is 3.11. The van der Waals surface area contributed by atoms with Crippen LogP contribution in [0.3, 0.4) is 0 Å². The number of halogens is 1. The van der Waals surface area contributed by atoms with E-state index in [4.69, 9.17) is 6.42 Å². The number of hydrogen-bond donors (Lipinski definition) is 1. The molecular formula is C16H12BrNO. The van der Waals surface area contributed by atoms with E-state index in [0.717, 1.165) is 15.6 Å². The Morgan fingerprint density at radius 2 is 2.05 bits per heavy atom. The van der Waals surface area contributed by atoms with Gasteiger partial charge in [0.25, 0.3) is 5.91 Å². The molecule has 0 heterocycles. The van der Waals surface area contributed by atoms with Gasteiger partial charge in [-0.2, -0.15) is 0 Å². The topological polar surface area (TPSA) is 29.1 Å². The first kappa shape index (κ1) is 13.4. The minimum Gasteiger partial charge on any atom is -0.322 e. The lowest BCUT2D eigenvalue weighted by Crippen LogP contribution is -2.12. The number of rotatable bonds is 2. The third-order valence-corrected chi connectivity index (χ3v) is 3.31. The molecule has 2 aromatic carbocycles. The number of carbonyl (C=O) groups is 1. The van der Waals surface area contributed by atoms with E-state index >= 15 is 0 Å². The van der Waals surface area contributed by atoms with Crippen LogP contribution in [-0.4, -0.2) is 5.91 Å². The fourth-order valence-corrected chi connectivity index (χ4v) is 2.36. The van der Waals surface area contributed by atoms with Crippen LogP contribution in [0.4, 0.5) is 5.69 Å². The third kappa shape index (κ3) is 3.24. The van der Waals surface area contributed by atoms with Gasteiger partial charge >= 0.3 is 0 Å². The Kier molecular flexibility index (Phi) is 4.03. The van der Waals surface area contributed by atoms with Gasteiger partial charge in [-0.15, -0.1) is 6.42 Å². The van der Waals surface area contributed by atoms with E-state index in [1.54, 1.807) is 18.2 Å². The van der Waals surface area contributed by atoms with Crippen LogP contribution in [0.1, 0.15) is 21.5 Å². The molecule has 0 spiro atoms. The molecule has 2 aromatic rings. The highest BCUT2D eigenvalue weighted by atomic mass is 79.9. The van der Waals surface area contributed by atoms with E-state index in [1.165, 1.54) is 0 Å². The zero-order chi connectivity index (χ0) is 13.8. The maximum Gasteiger partial charge on any atom is 0.256 e. The molecule has 0 saturated carbocycles. The van der Waals surface area contributed by atoms with Crippen LogP contribution in [0, 0.1) is 19.3 Å². The van der Waals surface area contributed by atoms with Gasteiger partial charge in [-0.05, 0) is 58.7 Å². The average Bonchev–Trinajstić information content (AvgIpc) is 2.38. The lowest BCUT2D eigenvalue weighted by atomic mass is 10.1. The Morgan fingerprint density at radius 3 is 2.74 bits per heavy atom. The van der Waals surface area contributed by atoms with Crippen LogP contribution >= 0.6 is 15.9 Å². The Bertz CT molecular complexity index is 671. The summed E-state index contributed by atoms with van der Waals surface area (Å²) in [7, 11) is 0. The minimum atomic E-state index is -0.166. The fraction of sp³-hybridized carbons (Fsp3) is 0.0625. The van der Waals surface area contributed by atoms with E-state index in [2.05, 4.69) is 27.2 Å². The molecule has 1 N–H and O–H groups in total. The van der Waals surface area contributed by atoms with E-state index in [1.807, 2.05) is 31.2 Å². The summed E-state index contributed by atoms with van der Waals surface area (Å²) >= 11 is 3.40. The SMILES string of the molecule is C#Cc1cccc(NC(=O)c2ccc(C)cc2Br)c1. The van der Waals surface area contributed by atoms with Crippen LogP contribution in [0.2, 0.25) is 0 Å². The number of terminal acetylenes is 1. The van der Waals surface area contributed by atoms with Crippen molar-refractivity contribution in [1.29, 1.82) is 0 Å². The summed E-state index contributed by atoms with van der Waals surface area (Å²) in [4.78, 5) is 12.2. The molecule has 0 aliphatic carbocycles. The molecule has 0 saturated heterocycles. The summed E-state index contributed by atoms with van der Waals surface area (Å²) in [6.45, 7) is 1.98. The van der Waals surface area contributed by atoms with Crippen molar-refractivity contribution in [3.63, 3.8) is 0 Å². The molecule has 0 bridgehead atoms. The predicted octanol–water partition coefficient (Wildman–Crippen LogP) is 3.99. The number of nitrogens with one attached hydrogen (secondary N) is 1. The van der Waals surface area contributed by atoms with Crippen molar-refractivity contribution in [2.24, 2.45) is 0 Å². The molecule has 3 heteroatoms. The zero-order valence-corrected chi connectivity index (χ0v) is 12.0. The smallest absolute Gasteiger partial charge is 0.256 e. The van der Waals surface area contributed by atoms with Crippen LogP contribution in [-0.2, 0) is 0 Å². The molecule has 0 fully saturated rings. The number of aryl methyl sites for hydroxylation is 1. The van der Waals surface area contributed by atoms with Crippen molar-refractivity contribution in [2.45, 2.75) is 6.92 Å². The fourth-order valence-electron chi connectivity index (χ4n) is 1.69. The Morgan fingerprint density at radius 1 is 1.26 bits per heavy atom. The standard InChI is InChI=1S/C16H12BrNO/c1-3-12-5-4-6-13(10-12)18-16(19)14-8-7-11(2)9-15(14)17/h1,4-10H,2H3,(H,18,19). The molecule has 94 valence electrons. The summed E-state index contributed by atoms with van der Waals surface area (Å²) in [6, 6.07) is 12.8. The molecule has 19 heavy (non-hydrogen) atoms. The normalized spacial score (nSPS) is 9.74. The van der Waals surface area contributed by atoms with Gasteiger partial charge in [0.2, 0.25) is 0 Å². The largest absolute Gasteiger partial charge is 0.322 e. The molecule has 0 radical (unpaired) electrons. The maximum absolute atomic E-state index is 12.2. The second kappa shape index (κ2) is 5.73. The minimum absolute atomic E-state index is 0.166. The van der Waals surface area contributed by atoms with Gasteiger partial charge in [0.1, 0.15) is 0 Å². The number of benzene rings is 2. The van der Waals surface area contributed by atoms with Crippen LogP contribution in [0.15, 0.2) is 46.9 Å². The molecule has 2 nitrogen and oxygen atoms in total. The highest BCUT2D eigenvalue weighted by Gasteiger charge is 2.10. The van der Waals surface area contributed by atoms with Crippen molar-refractivity contribution in [3.05, 3.63) is 63.6 Å². The van der Waals surface area contributed by atoms with Gasteiger partial charge in [-0.25, -0.2) is 0 Å². The van der Waals surface area contributed by atoms with Crippen LogP contribution in [0.25, 0.3) is 0 Å². The first-order valence-corrected chi connectivity index (χ1v) is 6.53. The van der Waals surface area contributed by atoms with Crippen molar-refractivity contribution in [2.75, 3.05) is 5.32 Å². The number of anilines is 1. The molecule has 0 unspecified atom stereocenters. The number of hydrogen-bond acceptors (Lipinski definition) is 1. The molecule has 0 aliphatic heterocycles. The first-order chi connectivity index (χ1) is 9.10. The van der Waals surface area contributed by atoms with Gasteiger partial charge in [0.15, 0.2) is 0 Å². The summed E-state index contributed by atoms with van der Waals surface area (Å²) < 4.78 is 0.776. The average molecular weight is 314 g/mol. The molecule has 0 aliphatic rings. The summed E-state index contributed by atoms with van der Waals surface area (Å²) in [5, 5.41) is 2.83. The van der Waals surface area contributed by atoms with Gasteiger partial charge in [-0.3, -0.25) is 4.79 Å². The van der Waals surface area contributed by atoms with E-state index in [0.29, 0.717) is 11.3 Å². The molecule has 0 atom stereocenters. The van der Waals surface area contributed by atoms with Crippen LogP contribution in [0.5, 0.6) is 0 Å². The van der Waals surface area contributed by atoms with Gasteiger partial charge in [0, 0.05) is 15.7 Å². The molecule has 1 amide bonds. The monoisotopic (exact) mass is 313 g/mol. The third-order valence-electron chi connectivity index (χ3n) is 2.66. The lowest BCUT2D eigenvalue weighted by molar-refractivity contribution is 0.102. The van der Waals surface area contributed by atoms with Gasteiger partial charge in [0.05, 0.1) is 5.56 Å². The number of carbonyl (C=O) groups excluding carboxylic acids is 1. The summed E-state index contributed by atoms with van der Waals surface area (Å²) in [5.74, 6) is 2.37. The van der Waals surface area contributed by atoms with Gasteiger partial charge in [-0.1, -0.05) is 18.1 Å². The second-order valence-corrected chi connectivity index (χ2v) is 5.02. The molecule has 2 rings (SSSR count). The van der Waals surface area contributed by atoms with Crippen molar-refractivity contribution < 1.29 is 4.79 Å².